The molecule has 2 fully saturated rings. The fourth-order valence-corrected chi connectivity index (χ4v) is 5.58. The molecule has 1 N–H and O–H groups in total. The zero-order valence-corrected chi connectivity index (χ0v) is 19.7. The molecule has 1 saturated carbocycles. The molecule has 0 aromatic heterocycles. The Balaban J connectivity index is 1.89. The molecule has 1 saturated heterocycles. The van der Waals surface area contributed by atoms with E-state index in [9.17, 15) is 13.7 Å². The van der Waals surface area contributed by atoms with E-state index < -0.39 is 27.3 Å². The molecule has 31 heavy (non-hydrogen) atoms. The maximum Gasteiger partial charge on any atom is 0.313 e. The molecule has 6 nitrogen and oxygen atoms in total. The molecule has 0 spiro atoms. The van der Waals surface area contributed by atoms with E-state index in [1.807, 2.05) is 20.8 Å². The summed E-state index contributed by atoms with van der Waals surface area (Å²) in [5.74, 6) is -1.72. The van der Waals surface area contributed by atoms with Gasteiger partial charge in [-0.1, -0.05) is 25.0 Å². The van der Waals surface area contributed by atoms with Gasteiger partial charge in [-0.05, 0) is 52.2 Å². The number of carbonyl (C=O) groups excluding carboxylic acids is 1. The van der Waals surface area contributed by atoms with Crippen molar-refractivity contribution in [3.63, 3.8) is 0 Å². The highest BCUT2D eigenvalue weighted by molar-refractivity contribution is 7.90. The van der Waals surface area contributed by atoms with Crippen molar-refractivity contribution < 1.29 is 27.9 Å². The summed E-state index contributed by atoms with van der Waals surface area (Å²) in [7, 11) is 1.40. The second-order valence-electron chi connectivity index (χ2n) is 9.41. The molecular formula is C23H34FNO5S. The summed E-state index contributed by atoms with van der Waals surface area (Å²) in [4.78, 5) is 12.9. The van der Waals surface area contributed by atoms with Crippen LogP contribution in [0, 0.1) is 11.2 Å². The van der Waals surface area contributed by atoms with Gasteiger partial charge in [0.25, 0.3) is 0 Å². The van der Waals surface area contributed by atoms with Crippen molar-refractivity contribution in [2.45, 2.75) is 75.9 Å². The molecule has 0 amide bonds. The smallest absolute Gasteiger partial charge is 0.313 e. The minimum atomic E-state index is -1.37. The lowest BCUT2D eigenvalue weighted by molar-refractivity contribution is -0.175. The number of benzene rings is 1. The number of nitrogens with one attached hydrogen (secondary N) is 1. The van der Waals surface area contributed by atoms with E-state index in [2.05, 4.69) is 4.72 Å². The summed E-state index contributed by atoms with van der Waals surface area (Å²) in [6, 6.07) is 5.84. The highest BCUT2D eigenvalue weighted by Crippen LogP contribution is 2.46. The van der Waals surface area contributed by atoms with E-state index in [1.165, 1.54) is 19.2 Å². The Labute approximate surface area is 187 Å². The second kappa shape index (κ2) is 9.75. The first kappa shape index (κ1) is 24.5. The summed E-state index contributed by atoms with van der Waals surface area (Å²) in [5.41, 5.74) is -0.142. The number of rotatable bonds is 8. The van der Waals surface area contributed by atoms with Gasteiger partial charge in [0.15, 0.2) is 5.79 Å². The predicted octanol–water partition coefficient (Wildman–Crippen LogP) is 3.96. The molecule has 2 atom stereocenters. The van der Waals surface area contributed by atoms with E-state index in [4.69, 9.17) is 14.2 Å². The first-order chi connectivity index (χ1) is 14.6. The molecule has 0 radical (unpaired) electrons. The monoisotopic (exact) mass is 455 g/mol. The molecule has 1 aliphatic heterocycles. The molecule has 3 rings (SSSR count). The predicted molar refractivity (Wildman–Crippen MR) is 117 cm³/mol. The number of carbonyl (C=O) groups is 1. The van der Waals surface area contributed by atoms with Gasteiger partial charge in [0.1, 0.15) is 10.6 Å². The number of esters is 1. The van der Waals surface area contributed by atoms with Crippen molar-refractivity contribution in [1.29, 1.82) is 0 Å². The minimum Gasteiger partial charge on any atom is -0.598 e. The summed E-state index contributed by atoms with van der Waals surface area (Å²) in [6.45, 7) is 6.49. The van der Waals surface area contributed by atoms with Crippen LogP contribution in [0.2, 0.25) is 0 Å². The first-order valence-electron chi connectivity index (χ1n) is 10.9. The van der Waals surface area contributed by atoms with E-state index in [-0.39, 0.29) is 17.8 Å². The maximum absolute atomic E-state index is 13.9. The van der Waals surface area contributed by atoms with Crippen LogP contribution in [-0.4, -0.2) is 41.6 Å². The van der Waals surface area contributed by atoms with E-state index in [0.717, 1.165) is 12.8 Å². The van der Waals surface area contributed by atoms with Gasteiger partial charge in [0, 0.05) is 23.3 Å². The molecule has 1 aromatic rings. The van der Waals surface area contributed by atoms with Gasteiger partial charge >= 0.3 is 5.97 Å². The lowest BCUT2D eigenvalue weighted by Crippen LogP contribution is -2.55. The van der Waals surface area contributed by atoms with Crippen LogP contribution >= 0.6 is 0 Å². The van der Waals surface area contributed by atoms with Gasteiger partial charge < -0.3 is 18.8 Å². The van der Waals surface area contributed by atoms with Crippen molar-refractivity contribution in [1.82, 2.24) is 4.72 Å². The number of halogens is 1. The minimum absolute atomic E-state index is 0.276. The second-order valence-corrected chi connectivity index (χ2v) is 11.4. The van der Waals surface area contributed by atoms with Crippen molar-refractivity contribution in [3.8, 4) is 0 Å². The number of hydrogen-bond acceptors (Lipinski definition) is 6. The fraction of sp³-hybridized carbons (Fsp3) is 0.696. The summed E-state index contributed by atoms with van der Waals surface area (Å²) < 4.78 is 46.8. The zero-order chi connectivity index (χ0) is 22.7. The SMILES string of the molecule is COC(=O)C1([C@@H](CCC2(c3cccc(F)c3)OCCO2)N[S@+]([O-])C(C)(C)C)CCCC1. The van der Waals surface area contributed by atoms with Crippen LogP contribution in [0.25, 0.3) is 0 Å². The molecule has 1 aliphatic carbocycles. The third-order valence-corrected chi connectivity index (χ3v) is 7.95. The summed E-state index contributed by atoms with van der Waals surface area (Å²) >= 11 is -1.37. The van der Waals surface area contributed by atoms with E-state index in [1.54, 1.807) is 12.1 Å². The van der Waals surface area contributed by atoms with Crippen LogP contribution in [0.1, 0.15) is 64.9 Å². The van der Waals surface area contributed by atoms with Crippen molar-refractivity contribution in [2.24, 2.45) is 5.41 Å². The topological polar surface area (TPSA) is 79.9 Å². The van der Waals surface area contributed by atoms with E-state index >= 15 is 0 Å². The van der Waals surface area contributed by atoms with Crippen LogP contribution in [0.5, 0.6) is 0 Å². The van der Waals surface area contributed by atoms with Gasteiger partial charge in [-0.15, -0.1) is 4.72 Å². The molecule has 0 unspecified atom stereocenters. The molecule has 1 heterocycles. The fourth-order valence-electron chi connectivity index (χ4n) is 4.63. The Morgan fingerprint density at radius 2 is 1.94 bits per heavy atom. The molecule has 8 heteroatoms. The Morgan fingerprint density at radius 1 is 1.29 bits per heavy atom. The zero-order valence-electron chi connectivity index (χ0n) is 18.9. The highest BCUT2D eigenvalue weighted by Gasteiger charge is 2.52. The lowest BCUT2D eigenvalue weighted by Gasteiger charge is -2.39. The van der Waals surface area contributed by atoms with Crippen molar-refractivity contribution in [3.05, 3.63) is 35.6 Å². The third kappa shape index (κ3) is 5.25. The van der Waals surface area contributed by atoms with Crippen LogP contribution < -0.4 is 4.72 Å². The van der Waals surface area contributed by atoms with Crippen molar-refractivity contribution >= 4 is 17.3 Å². The first-order valence-corrected chi connectivity index (χ1v) is 12.1. The quantitative estimate of drug-likeness (QED) is 0.472. The molecular weight excluding hydrogens is 421 g/mol. The van der Waals surface area contributed by atoms with Crippen LogP contribution in [0.15, 0.2) is 24.3 Å². The standard InChI is InChI=1S/C23H34FNO5S/c1-21(2,3)31(27)25-19(22(20(26)28-4)11-5-6-12-22)10-13-23(29-14-15-30-23)17-8-7-9-18(24)16-17/h7-9,16,19,25H,5-6,10-15H2,1-4H3/t19-,31-/m1/s1. The molecule has 174 valence electrons. The Morgan fingerprint density at radius 3 is 2.48 bits per heavy atom. The summed E-state index contributed by atoms with van der Waals surface area (Å²) in [5, 5.41) is 0. The molecule has 2 aliphatic rings. The molecule has 0 bridgehead atoms. The van der Waals surface area contributed by atoms with Gasteiger partial charge in [-0.2, -0.15) is 0 Å². The third-order valence-electron chi connectivity index (χ3n) is 6.34. The largest absolute Gasteiger partial charge is 0.598 e. The lowest BCUT2D eigenvalue weighted by atomic mass is 9.76. The highest BCUT2D eigenvalue weighted by atomic mass is 32.2. The van der Waals surface area contributed by atoms with Gasteiger partial charge in [0.2, 0.25) is 0 Å². The number of ether oxygens (including phenoxy) is 3. The normalized spacial score (nSPS) is 22.3. The average molecular weight is 456 g/mol. The van der Waals surface area contributed by atoms with Crippen LogP contribution in [0.3, 0.4) is 0 Å². The van der Waals surface area contributed by atoms with Crippen LogP contribution in [0.4, 0.5) is 4.39 Å². The number of methoxy groups -OCH3 is 1. The summed E-state index contributed by atoms with van der Waals surface area (Å²) in [6.07, 6.45) is 4.04. The maximum atomic E-state index is 13.9. The van der Waals surface area contributed by atoms with Gasteiger partial charge in [-0.3, -0.25) is 4.79 Å². The molecule has 1 aromatic carbocycles. The van der Waals surface area contributed by atoms with Crippen LogP contribution in [-0.2, 0) is 36.2 Å². The van der Waals surface area contributed by atoms with Crippen molar-refractivity contribution in [2.75, 3.05) is 20.3 Å². The number of hydrogen-bond donors (Lipinski definition) is 1. The van der Waals surface area contributed by atoms with Gasteiger partial charge in [0.05, 0.1) is 31.8 Å². The Hall–Kier alpha value is -1.19. The Bertz CT molecular complexity index is 757. The Kier molecular flexibility index (Phi) is 7.69. The van der Waals surface area contributed by atoms with Gasteiger partial charge in [-0.25, -0.2) is 4.39 Å². The average Bonchev–Trinajstić information content (AvgIpc) is 3.41. The van der Waals surface area contributed by atoms with E-state index in [0.29, 0.717) is 44.5 Å².